The maximum Gasteiger partial charge on any atom is 0.129 e. The van der Waals surface area contributed by atoms with E-state index in [1.54, 1.807) is 0 Å². The Morgan fingerprint density at radius 1 is 1.00 bits per heavy atom. The maximum absolute atomic E-state index is 4.65. The third kappa shape index (κ3) is 2.63. The SMILES string of the molecule is Cc1nc(C#C[Si](C)(C)C)c2ccccc2c1C. The van der Waals surface area contributed by atoms with Crippen molar-refractivity contribution in [1.29, 1.82) is 0 Å². The second-order valence-corrected chi connectivity index (χ2v) is 10.5. The lowest BCUT2D eigenvalue weighted by atomic mass is 10.0. The van der Waals surface area contributed by atoms with Crippen molar-refractivity contribution in [3.05, 3.63) is 41.2 Å². The summed E-state index contributed by atoms with van der Waals surface area (Å²) in [6.45, 7) is 10.9. The highest BCUT2D eigenvalue weighted by Crippen LogP contribution is 2.22. The molecule has 1 aromatic heterocycles. The molecule has 0 radical (unpaired) electrons. The van der Waals surface area contributed by atoms with Gasteiger partial charge in [-0.3, -0.25) is 0 Å². The summed E-state index contributed by atoms with van der Waals surface area (Å²) < 4.78 is 0. The van der Waals surface area contributed by atoms with Gasteiger partial charge in [0.05, 0.1) is 0 Å². The minimum absolute atomic E-state index is 0.927. The molecule has 0 bridgehead atoms. The van der Waals surface area contributed by atoms with Crippen molar-refractivity contribution >= 4 is 18.8 Å². The summed E-state index contributed by atoms with van der Waals surface area (Å²) in [5.74, 6) is 3.30. The van der Waals surface area contributed by atoms with Crippen molar-refractivity contribution in [3.63, 3.8) is 0 Å². The number of rotatable bonds is 0. The predicted octanol–water partition coefficient (Wildman–Crippen LogP) is 4.08. The summed E-state index contributed by atoms with van der Waals surface area (Å²) in [6, 6.07) is 8.39. The van der Waals surface area contributed by atoms with Crippen LogP contribution in [0.4, 0.5) is 0 Å². The lowest BCUT2D eigenvalue weighted by molar-refractivity contribution is 1.16. The van der Waals surface area contributed by atoms with Crippen LogP contribution in [0, 0.1) is 25.3 Å². The van der Waals surface area contributed by atoms with E-state index < -0.39 is 8.07 Å². The van der Waals surface area contributed by atoms with Crippen molar-refractivity contribution < 1.29 is 0 Å². The van der Waals surface area contributed by atoms with Gasteiger partial charge in [-0.05, 0) is 24.8 Å². The Labute approximate surface area is 110 Å². The first-order valence-corrected chi connectivity index (χ1v) is 9.77. The largest absolute Gasteiger partial charge is 0.244 e. The van der Waals surface area contributed by atoms with Crippen LogP contribution in [0.15, 0.2) is 24.3 Å². The van der Waals surface area contributed by atoms with Crippen molar-refractivity contribution in [3.8, 4) is 11.5 Å². The van der Waals surface area contributed by atoms with Crippen LogP contribution >= 0.6 is 0 Å². The first-order chi connectivity index (χ1) is 8.38. The number of aromatic nitrogens is 1. The van der Waals surface area contributed by atoms with Crippen molar-refractivity contribution in [2.75, 3.05) is 0 Å². The molecule has 0 unspecified atom stereocenters. The lowest BCUT2D eigenvalue weighted by Gasteiger charge is -2.08. The average Bonchev–Trinajstić information content (AvgIpc) is 2.31. The first kappa shape index (κ1) is 12.9. The zero-order valence-electron chi connectivity index (χ0n) is 11.8. The molecule has 0 spiro atoms. The van der Waals surface area contributed by atoms with Gasteiger partial charge in [0.2, 0.25) is 0 Å². The van der Waals surface area contributed by atoms with E-state index in [9.17, 15) is 0 Å². The quantitative estimate of drug-likeness (QED) is 0.509. The molecule has 0 aliphatic heterocycles. The van der Waals surface area contributed by atoms with Crippen LogP contribution in [0.5, 0.6) is 0 Å². The molecule has 0 aliphatic carbocycles. The van der Waals surface area contributed by atoms with Gasteiger partial charge < -0.3 is 0 Å². The van der Waals surface area contributed by atoms with Crippen LogP contribution < -0.4 is 0 Å². The molecule has 2 heteroatoms. The Hall–Kier alpha value is -1.59. The Morgan fingerprint density at radius 3 is 2.22 bits per heavy atom. The average molecular weight is 253 g/mol. The molecule has 0 N–H and O–H groups in total. The molecule has 1 aromatic carbocycles. The monoisotopic (exact) mass is 253 g/mol. The summed E-state index contributed by atoms with van der Waals surface area (Å²) in [5, 5.41) is 2.44. The number of nitrogens with zero attached hydrogens (tertiary/aromatic N) is 1. The van der Waals surface area contributed by atoms with Crippen LogP contribution in [0.2, 0.25) is 19.6 Å². The number of benzene rings is 1. The second kappa shape index (κ2) is 4.59. The van der Waals surface area contributed by atoms with Gasteiger partial charge in [0.15, 0.2) is 0 Å². The lowest BCUT2D eigenvalue weighted by Crippen LogP contribution is -2.16. The van der Waals surface area contributed by atoms with Crippen molar-refractivity contribution in [1.82, 2.24) is 4.98 Å². The Balaban J connectivity index is 2.71. The highest BCUT2D eigenvalue weighted by atomic mass is 28.3. The Kier molecular flexibility index (Phi) is 3.27. The predicted molar refractivity (Wildman–Crippen MR) is 81.4 cm³/mol. The van der Waals surface area contributed by atoms with Gasteiger partial charge in [-0.15, -0.1) is 5.54 Å². The summed E-state index contributed by atoms with van der Waals surface area (Å²) in [4.78, 5) is 4.65. The number of fused-ring (bicyclic) bond motifs is 1. The molecule has 2 rings (SSSR count). The molecule has 0 saturated carbocycles. The van der Waals surface area contributed by atoms with Gasteiger partial charge in [-0.1, -0.05) is 49.8 Å². The van der Waals surface area contributed by atoms with Crippen LogP contribution in [-0.4, -0.2) is 13.1 Å². The fourth-order valence-corrected chi connectivity index (χ4v) is 2.36. The number of hydrogen-bond donors (Lipinski definition) is 0. The van der Waals surface area contributed by atoms with Crippen LogP contribution in [-0.2, 0) is 0 Å². The van der Waals surface area contributed by atoms with E-state index in [1.807, 2.05) is 0 Å². The topological polar surface area (TPSA) is 12.9 Å². The van der Waals surface area contributed by atoms with E-state index in [-0.39, 0.29) is 0 Å². The minimum atomic E-state index is -1.36. The first-order valence-electron chi connectivity index (χ1n) is 6.27. The summed E-state index contributed by atoms with van der Waals surface area (Å²) in [5.41, 5.74) is 6.66. The van der Waals surface area contributed by atoms with E-state index in [2.05, 4.69) is 74.2 Å². The van der Waals surface area contributed by atoms with E-state index in [1.165, 1.54) is 16.3 Å². The molecule has 0 saturated heterocycles. The fraction of sp³-hybridized carbons (Fsp3) is 0.312. The van der Waals surface area contributed by atoms with Gasteiger partial charge in [-0.25, -0.2) is 4.98 Å². The standard InChI is InChI=1S/C16H19NSi/c1-12-13(2)17-16(10-11-18(3,4)5)15-9-7-6-8-14(12)15/h6-9H,1-5H3. The number of pyridine rings is 1. The maximum atomic E-state index is 4.65. The molecule has 0 fully saturated rings. The second-order valence-electron chi connectivity index (χ2n) is 5.72. The highest BCUT2D eigenvalue weighted by molar-refractivity contribution is 6.83. The van der Waals surface area contributed by atoms with E-state index in [4.69, 9.17) is 0 Å². The summed E-state index contributed by atoms with van der Waals surface area (Å²) in [6.07, 6.45) is 0. The molecule has 1 heterocycles. The zero-order chi connectivity index (χ0) is 13.3. The van der Waals surface area contributed by atoms with Gasteiger partial charge in [0, 0.05) is 11.1 Å². The Morgan fingerprint density at radius 2 is 1.61 bits per heavy atom. The van der Waals surface area contributed by atoms with Gasteiger partial charge in [-0.2, -0.15) is 0 Å². The third-order valence-corrected chi connectivity index (χ3v) is 3.84. The molecule has 1 nitrogen and oxygen atoms in total. The summed E-state index contributed by atoms with van der Waals surface area (Å²) >= 11 is 0. The molecule has 0 aliphatic rings. The highest BCUT2D eigenvalue weighted by Gasteiger charge is 2.09. The minimum Gasteiger partial charge on any atom is -0.244 e. The van der Waals surface area contributed by atoms with Crippen molar-refractivity contribution in [2.24, 2.45) is 0 Å². The Bertz CT molecular complexity index is 654. The van der Waals surface area contributed by atoms with Gasteiger partial charge in [0.1, 0.15) is 13.8 Å². The normalized spacial score (nSPS) is 11.2. The van der Waals surface area contributed by atoms with Crippen molar-refractivity contribution in [2.45, 2.75) is 33.5 Å². The van der Waals surface area contributed by atoms with E-state index in [0.29, 0.717) is 0 Å². The molecule has 18 heavy (non-hydrogen) atoms. The summed E-state index contributed by atoms with van der Waals surface area (Å²) in [7, 11) is -1.36. The third-order valence-electron chi connectivity index (χ3n) is 2.96. The smallest absolute Gasteiger partial charge is 0.129 e. The fourth-order valence-electron chi connectivity index (χ4n) is 1.87. The van der Waals surface area contributed by atoms with Crippen LogP contribution in [0.3, 0.4) is 0 Å². The number of aryl methyl sites for hydroxylation is 2. The van der Waals surface area contributed by atoms with Crippen LogP contribution in [0.1, 0.15) is 17.0 Å². The van der Waals surface area contributed by atoms with Crippen LogP contribution in [0.25, 0.3) is 10.8 Å². The molecular weight excluding hydrogens is 234 g/mol. The molecule has 2 aromatic rings. The zero-order valence-corrected chi connectivity index (χ0v) is 12.8. The number of hydrogen-bond acceptors (Lipinski definition) is 1. The molecular formula is C16H19NSi. The van der Waals surface area contributed by atoms with E-state index >= 15 is 0 Å². The molecule has 0 atom stereocenters. The van der Waals surface area contributed by atoms with Gasteiger partial charge >= 0.3 is 0 Å². The molecule has 92 valence electrons. The van der Waals surface area contributed by atoms with E-state index in [0.717, 1.165) is 11.4 Å². The van der Waals surface area contributed by atoms with Gasteiger partial charge in [0.25, 0.3) is 0 Å². The molecule has 0 amide bonds.